The van der Waals surface area contributed by atoms with E-state index in [4.69, 9.17) is 0 Å². The molecule has 198 valence electrons. The van der Waals surface area contributed by atoms with Gasteiger partial charge in [0.25, 0.3) is 5.91 Å². The summed E-state index contributed by atoms with van der Waals surface area (Å²) in [5.41, 5.74) is -0.500. The molecule has 1 unspecified atom stereocenters. The molecule has 3 fully saturated rings. The average Bonchev–Trinajstić information content (AvgIpc) is 3.19. The predicted octanol–water partition coefficient (Wildman–Crippen LogP) is 0.797. The van der Waals surface area contributed by atoms with Crippen molar-refractivity contribution in [3.05, 3.63) is 0 Å². The van der Waals surface area contributed by atoms with E-state index in [-0.39, 0.29) is 32.4 Å². The van der Waals surface area contributed by atoms with Crippen LogP contribution in [0.4, 0.5) is 26.3 Å². The van der Waals surface area contributed by atoms with Crippen LogP contribution in [0.5, 0.6) is 0 Å². The molecule has 2 saturated heterocycles. The van der Waals surface area contributed by atoms with Crippen molar-refractivity contribution in [3.8, 4) is 0 Å². The first-order valence-electron chi connectivity index (χ1n) is 11.0. The normalized spacial score (nSPS) is 25.3. The molecule has 35 heavy (non-hydrogen) atoms. The lowest BCUT2D eigenvalue weighted by Crippen LogP contribution is -2.54. The number of carbonyl (C=O) groups excluding carboxylic acids is 4. The quantitative estimate of drug-likeness (QED) is 0.389. The highest BCUT2D eigenvalue weighted by Crippen LogP contribution is 2.55. The molecule has 2 heterocycles. The Bertz CT molecular complexity index is 859. The Morgan fingerprint density at radius 1 is 1.20 bits per heavy atom. The molecular formula is C20H25F6N3O6. The molecule has 15 heteroatoms. The lowest BCUT2D eigenvalue weighted by atomic mass is 9.95. The van der Waals surface area contributed by atoms with Gasteiger partial charge in [0.1, 0.15) is 18.8 Å². The van der Waals surface area contributed by atoms with Crippen LogP contribution in [0.2, 0.25) is 0 Å². The van der Waals surface area contributed by atoms with E-state index in [0.717, 1.165) is 4.90 Å². The minimum atomic E-state index is -5.11. The first kappa shape index (κ1) is 27.2. The number of likely N-dealkylation sites (tertiary alicyclic amines) is 1. The van der Waals surface area contributed by atoms with Gasteiger partial charge in [-0.25, -0.2) is 0 Å². The summed E-state index contributed by atoms with van der Waals surface area (Å²) in [6.45, 7) is -1.22. The smallest absolute Gasteiger partial charge is 0.383 e. The first-order valence-corrected chi connectivity index (χ1v) is 11.0. The number of ketones is 1. The zero-order chi connectivity index (χ0) is 26.2. The zero-order valence-corrected chi connectivity index (χ0v) is 18.4. The number of aliphatic hydroxyl groups excluding tert-OH is 1. The van der Waals surface area contributed by atoms with E-state index in [1.165, 1.54) is 0 Å². The fourth-order valence-electron chi connectivity index (χ4n) is 4.51. The van der Waals surface area contributed by atoms with Crippen LogP contribution in [0.1, 0.15) is 38.5 Å². The standard InChI is InChI=1S/C20H25F6N3O6/c21-19(22,23)7-13(30)17(34)29-9-18(2-3-18)6-12(29)16(33)28-11(5-10-1-4-27-15(10)32)14(31)8-35-20(24,25)26/h10-13,30H,1-9H2,(H,27,32)(H,28,33)/t10-,11-,12-,13?/m0/s1. The predicted molar refractivity (Wildman–Crippen MR) is 103 cm³/mol. The van der Waals surface area contributed by atoms with Crippen LogP contribution in [-0.2, 0) is 23.9 Å². The number of alkyl halides is 6. The van der Waals surface area contributed by atoms with Gasteiger partial charge in [-0.2, -0.15) is 13.2 Å². The molecule has 1 saturated carbocycles. The summed E-state index contributed by atoms with van der Waals surface area (Å²) in [5.74, 6) is -4.64. The van der Waals surface area contributed by atoms with Gasteiger partial charge in [-0.05, 0) is 37.5 Å². The van der Waals surface area contributed by atoms with Crippen molar-refractivity contribution < 1.29 is 55.4 Å². The summed E-state index contributed by atoms with van der Waals surface area (Å²) in [4.78, 5) is 50.7. The molecule has 9 nitrogen and oxygen atoms in total. The molecule has 2 aliphatic heterocycles. The van der Waals surface area contributed by atoms with Crippen LogP contribution in [-0.4, -0.2) is 83.9 Å². The first-order chi connectivity index (χ1) is 16.1. The molecule has 0 aromatic heterocycles. The maximum Gasteiger partial charge on any atom is 0.522 e. The molecular weight excluding hydrogens is 492 g/mol. The van der Waals surface area contributed by atoms with Crippen molar-refractivity contribution in [2.45, 2.75) is 69.3 Å². The number of hydrogen-bond donors (Lipinski definition) is 3. The molecule has 1 spiro atoms. The van der Waals surface area contributed by atoms with Crippen LogP contribution >= 0.6 is 0 Å². The summed E-state index contributed by atoms with van der Waals surface area (Å²) < 4.78 is 78.7. The summed E-state index contributed by atoms with van der Waals surface area (Å²) in [6, 6.07) is -2.89. The van der Waals surface area contributed by atoms with E-state index >= 15 is 0 Å². The Hall–Kier alpha value is -2.42. The Labute approximate surface area is 195 Å². The molecule has 0 aromatic carbocycles. The van der Waals surface area contributed by atoms with Gasteiger partial charge in [-0.15, -0.1) is 13.2 Å². The van der Waals surface area contributed by atoms with Gasteiger partial charge in [0.15, 0.2) is 5.78 Å². The van der Waals surface area contributed by atoms with Crippen LogP contribution in [0.15, 0.2) is 0 Å². The summed E-state index contributed by atoms with van der Waals surface area (Å²) in [6.07, 6.45) is -13.0. The monoisotopic (exact) mass is 517 g/mol. The molecule has 3 aliphatic rings. The number of ether oxygens (including phenoxy) is 1. The highest BCUT2D eigenvalue weighted by molar-refractivity contribution is 5.95. The van der Waals surface area contributed by atoms with Crippen LogP contribution < -0.4 is 10.6 Å². The molecule has 0 aromatic rings. The largest absolute Gasteiger partial charge is 0.522 e. The maximum atomic E-state index is 13.0. The summed E-state index contributed by atoms with van der Waals surface area (Å²) in [5, 5.41) is 14.5. The number of nitrogens with one attached hydrogen (secondary N) is 2. The van der Waals surface area contributed by atoms with Gasteiger partial charge < -0.3 is 20.6 Å². The van der Waals surface area contributed by atoms with E-state index in [9.17, 15) is 50.6 Å². The van der Waals surface area contributed by atoms with Crippen LogP contribution in [0.25, 0.3) is 0 Å². The Kier molecular flexibility index (Phi) is 7.70. The van der Waals surface area contributed by atoms with E-state index in [1.54, 1.807) is 0 Å². The second-order valence-corrected chi connectivity index (χ2v) is 9.30. The van der Waals surface area contributed by atoms with Crippen LogP contribution in [0, 0.1) is 11.3 Å². The second-order valence-electron chi connectivity index (χ2n) is 9.30. The fourth-order valence-corrected chi connectivity index (χ4v) is 4.51. The third-order valence-corrected chi connectivity index (χ3v) is 6.53. The average molecular weight is 517 g/mol. The van der Waals surface area contributed by atoms with Gasteiger partial charge in [0.05, 0.1) is 12.5 Å². The number of Topliss-reactive ketones (excluding diaryl/α,β-unsaturated/α-hetero) is 1. The fraction of sp³-hybridized carbons (Fsp3) is 0.800. The SMILES string of the molecule is O=C1NCC[C@H]1C[C@H](NC(=O)[C@@H]1CC2(CC2)CN1C(=O)C(O)CC(F)(F)F)C(=O)COC(F)(F)F. The van der Waals surface area contributed by atoms with Crippen molar-refractivity contribution in [1.29, 1.82) is 0 Å². The van der Waals surface area contributed by atoms with Crippen molar-refractivity contribution in [1.82, 2.24) is 15.5 Å². The number of amides is 3. The van der Waals surface area contributed by atoms with Gasteiger partial charge >= 0.3 is 12.5 Å². The third kappa shape index (κ3) is 7.29. The molecule has 0 bridgehead atoms. The minimum Gasteiger partial charge on any atom is -0.383 e. The molecule has 3 rings (SSSR count). The van der Waals surface area contributed by atoms with Crippen molar-refractivity contribution >= 4 is 23.5 Å². The van der Waals surface area contributed by atoms with E-state index in [0.29, 0.717) is 12.8 Å². The Balaban J connectivity index is 1.73. The number of rotatable bonds is 9. The number of halogens is 6. The summed E-state index contributed by atoms with van der Waals surface area (Å²) >= 11 is 0. The van der Waals surface area contributed by atoms with Crippen molar-refractivity contribution in [3.63, 3.8) is 0 Å². The molecule has 3 N–H and O–H groups in total. The van der Waals surface area contributed by atoms with Gasteiger partial charge in [-0.1, -0.05) is 0 Å². The van der Waals surface area contributed by atoms with Gasteiger partial charge in [-0.3, -0.25) is 23.9 Å². The van der Waals surface area contributed by atoms with Gasteiger partial charge in [0, 0.05) is 19.0 Å². The maximum absolute atomic E-state index is 13.0. The molecule has 4 atom stereocenters. The minimum absolute atomic E-state index is 0.0627. The Morgan fingerprint density at radius 3 is 2.37 bits per heavy atom. The second kappa shape index (κ2) is 9.91. The van der Waals surface area contributed by atoms with Crippen molar-refractivity contribution in [2.75, 3.05) is 19.7 Å². The lowest BCUT2D eigenvalue weighted by Gasteiger charge is -2.28. The Morgan fingerprint density at radius 2 is 1.86 bits per heavy atom. The van der Waals surface area contributed by atoms with Gasteiger partial charge in [0.2, 0.25) is 11.8 Å². The highest BCUT2D eigenvalue weighted by Gasteiger charge is 2.56. The molecule has 1 aliphatic carbocycles. The van der Waals surface area contributed by atoms with Crippen LogP contribution in [0.3, 0.4) is 0 Å². The zero-order valence-electron chi connectivity index (χ0n) is 18.4. The molecule has 0 radical (unpaired) electrons. The van der Waals surface area contributed by atoms with E-state index in [1.807, 2.05) is 0 Å². The number of aliphatic hydroxyl groups is 1. The number of carbonyl (C=O) groups is 4. The number of nitrogens with zero attached hydrogens (tertiary/aromatic N) is 1. The summed E-state index contributed by atoms with van der Waals surface area (Å²) in [7, 11) is 0. The topological polar surface area (TPSA) is 125 Å². The van der Waals surface area contributed by atoms with Crippen molar-refractivity contribution in [2.24, 2.45) is 11.3 Å². The van der Waals surface area contributed by atoms with E-state index in [2.05, 4.69) is 15.4 Å². The van der Waals surface area contributed by atoms with E-state index < -0.39 is 78.6 Å². The highest BCUT2D eigenvalue weighted by atomic mass is 19.4. The third-order valence-electron chi connectivity index (χ3n) is 6.53. The molecule has 3 amide bonds. The lowest BCUT2D eigenvalue weighted by molar-refractivity contribution is -0.321. The number of hydrogen-bond acceptors (Lipinski definition) is 6.